The first-order valence-corrected chi connectivity index (χ1v) is 4.10. The van der Waals surface area contributed by atoms with Crippen LogP contribution in [0.3, 0.4) is 0 Å². The molecule has 0 saturated carbocycles. The Hall–Kier alpha value is -0.0800. The predicted octanol–water partition coefficient (Wildman–Crippen LogP) is -0.138. The van der Waals surface area contributed by atoms with Gasteiger partial charge in [-0.05, 0) is 13.3 Å². The molecule has 1 rings (SSSR count). The van der Waals surface area contributed by atoms with Gasteiger partial charge in [-0.15, -0.1) is 0 Å². The molecule has 1 saturated heterocycles. The molecule has 0 spiro atoms. The summed E-state index contributed by atoms with van der Waals surface area (Å²) >= 11 is 0. The van der Waals surface area contributed by atoms with Crippen LogP contribution < -0.4 is 4.90 Å². The average molecular weight is 143 g/mol. The number of rotatable bonds is 3. The number of nitrogens with one attached hydrogen (secondary N) is 1. The molecule has 2 atom stereocenters. The van der Waals surface area contributed by atoms with E-state index >= 15 is 0 Å². The Morgan fingerprint density at radius 1 is 1.70 bits per heavy atom. The lowest BCUT2D eigenvalue weighted by Gasteiger charge is -2.22. The summed E-state index contributed by atoms with van der Waals surface area (Å²) < 4.78 is 5.33. The third kappa shape index (κ3) is 1.96. The fraction of sp³-hybridized carbons (Fsp3) is 0.875. The second kappa shape index (κ2) is 3.94. The van der Waals surface area contributed by atoms with Crippen LogP contribution in [-0.2, 0) is 4.74 Å². The summed E-state index contributed by atoms with van der Waals surface area (Å²) in [6.45, 7) is 4.99. The fourth-order valence-electron chi connectivity index (χ4n) is 1.45. The molecule has 0 radical (unpaired) electrons. The summed E-state index contributed by atoms with van der Waals surface area (Å²) in [6.07, 6.45) is 2.61. The van der Waals surface area contributed by atoms with Crippen molar-refractivity contribution in [1.29, 1.82) is 0 Å². The summed E-state index contributed by atoms with van der Waals surface area (Å²) in [4.78, 5) is 1.40. The van der Waals surface area contributed by atoms with Crippen molar-refractivity contribution in [1.82, 2.24) is 0 Å². The molecule has 1 aliphatic rings. The zero-order chi connectivity index (χ0) is 7.40. The number of hydrogen-bond acceptors (Lipinski definition) is 1. The monoisotopic (exact) mass is 143 g/mol. The van der Waals surface area contributed by atoms with Crippen molar-refractivity contribution in [2.24, 2.45) is 0 Å². The van der Waals surface area contributed by atoms with Gasteiger partial charge in [-0.1, -0.05) is 0 Å². The molecule has 2 heteroatoms. The van der Waals surface area contributed by atoms with Crippen molar-refractivity contribution in [2.45, 2.75) is 25.8 Å². The van der Waals surface area contributed by atoms with Gasteiger partial charge in [0.05, 0.1) is 19.2 Å². The molecule has 0 aromatic rings. The van der Waals surface area contributed by atoms with E-state index in [1.807, 2.05) is 6.92 Å². The Balaban J connectivity index is 2.14. The second-order valence-corrected chi connectivity index (χ2v) is 2.91. The first kappa shape index (κ1) is 8.02. The van der Waals surface area contributed by atoms with Crippen LogP contribution in [0.4, 0.5) is 0 Å². The highest BCUT2D eigenvalue weighted by Gasteiger charge is 2.20. The first-order chi connectivity index (χ1) is 4.84. The molecule has 10 heavy (non-hydrogen) atoms. The van der Waals surface area contributed by atoms with Gasteiger partial charge in [0.2, 0.25) is 0 Å². The molecule has 0 bridgehead atoms. The normalized spacial score (nSPS) is 33.0. The molecule has 1 unspecified atom stereocenters. The average Bonchev–Trinajstić information content (AvgIpc) is 2.31. The Kier molecular flexibility index (Phi) is 3.16. The minimum absolute atomic E-state index is 0.667. The van der Waals surface area contributed by atoms with Gasteiger partial charge in [-0.2, -0.15) is 7.05 Å². The molecule has 1 fully saturated rings. The zero-order valence-corrected chi connectivity index (χ0v) is 6.73. The van der Waals surface area contributed by atoms with Crippen LogP contribution in [-0.4, -0.2) is 25.8 Å². The largest absolute Gasteiger partial charge is 0.463 e. The molecule has 1 aliphatic heterocycles. The van der Waals surface area contributed by atoms with Crippen LogP contribution in [0.5, 0.6) is 0 Å². The molecule has 2 nitrogen and oxygen atoms in total. The van der Waals surface area contributed by atoms with Crippen LogP contribution in [0.15, 0.2) is 0 Å². The standard InChI is InChI=1S/C8H17NO/c1-3-10-7-8-5-4-6-9(8)2/h8-9H,2-7H2,1H3/t8-/m1/s1. The van der Waals surface area contributed by atoms with Crippen LogP contribution in [0.1, 0.15) is 19.8 Å². The molecular formula is C8H17NO. The molecule has 1 heterocycles. The van der Waals surface area contributed by atoms with E-state index in [0.717, 1.165) is 13.2 Å². The Bertz CT molecular complexity index is 95.3. The van der Waals surface area contributed by atoms with E-state index in [1.54, 1.807) is 0 Å². The lowest BCUT2D eigenvalue weighted by molar-refractivity contribution is -0.867. The van der Waals surface area contributed by atoms with E-state index in [9.17, 15) is 0 Å². The highest BCUT2D eigenvalue weighted by molar-refractivity contribution is 4.60. The van der Waals surface area contributed by atoms with Crippen molar-refractivity contribution >= 4 is 0 Å². The number of hydrogen-bond donors (Lipinski definition) is 1. The second-order valence-electron chi connectivity index (χ2n) is 2.91. The van der Waals surface area contributed by atoms with E-state index < -0.39 is 0 Å². The Morgan fingerprint density at radius 2 is 2.50 bits per heavy atom. The van der Waals surface area contributed by atoms with Crippen molar-refractivity contribution in [3.63, 3.8) is 0 Å². The maximum Gasteiger partial charge on any atom is 0.0963 e. The van der Waals surface area contributed by atoms with Gasteiger partial charge in [-0.3, -0.25) is 0 Å². The maximum atomic E-state index is 5.33. The third-order valence-electron chi connectivity index (χ3n) is 2.15. The molecule has 0 aromatic carbocycles. The predicted molar refractivity (Wildman–Crippen MR) is 40.7 cm³/mol. The van der Waals surface area contributed by atoms with E-state index in [-0.39, 0.29) is 0 Å². The van der Waals surface area contributed by atoms with Crippen LogP contribution in [0.2, 0.25) is 0 Å². The number of quaternary nitrogens is 1. The highest BCUT2D eigenvalue weighted by Crippen LogP contribution is 1.99. The van der Waals surface area contributed by atoms with E-state index in [2.05, 4.69) is 7.05 Å². The van der Waals surface area contributed by atoms with Crippen molar-refractivity contribution in [3.05, 3.63) is 7.05 Å². The van der Waals surface area contributed by atoms with Gasteiger partial charge in [0.1, 0.15) is 0 Å². The summed E-state index contributed by atoms with van der Waals surface area (Å²) in [7, 11) is 4.01. The molecular weight excluding hydrogens is 126 g/mol. The van der Waals surface area contributed by atoms with Gasteiger partial charge in [0.15, 0.2) is 0 Å². The molecule has 60 valence electrons. The SMILES string of the molecule is [CH2-][NH+]1CCC[C@@H]1COCC. The van der Waals surface area contributed by atoms with Crippen LogP contribution in [0, 0.1) is 7.05 Å². The maximum absolute atomic E-state index is 5.33. The quantitative estimate of drug-likeness (QED) is 0.543. The van der Waals surface area contributed by atoms with E-state index in [0.29, 0.717) is 6.04 Å². The van der Waals surface area contributed by atoms with Gasteiger partial charge in [0, 0.05) is 13.0 Å². The van der Waals surface area contributed by atoms with Gasteiger partial charge in [0.25, 0.3) is 0 Å². The number of likely N-dealkylation sites (tertiary alicyclic amines) is 1. The molecule has 0 amide bonds. The fourth-order valence-corrected chi connectivity index (χ4v) is 1.45. The van der Waals surface area contributed by atoms with Gasteiger partial charge < -0.3 is 9.64 Å². The zero-order valence-electron chi connectivity index (χ0n) is 6.73. The minimum atomic E-state index is 0.667. The number of ether oxygens (including phenoxy) is 1. The van der Waals surface area contributed by atoms with Gasteiger partial charge in [-0.25, -0.2) is 0 Å². The van der Waals surface area contributed by atoms with Gasteiger partial charge >= 0.3 is 0 Å². The summed E-state index contributed by atoms with van der Waals surface area (Å²) in [5, 5.41) is 0. The molecule has 0 aliphatic carbocycles. The van der Waals surface area contributed by atoms with Crippen molar-refractivity contribution < 1.29 is 9.64 Å². The minimum Gasteiger partial charge on any atom is -0.463 e. The topological polar surface area (TPSA) is 13.7 Å². The summed E-state index contributed by atoms with van der Waals surface area (Å²) in [6, 6.07) is 0.667. The lowest BCUT2D eigenvalue weighted by atomic mass is 10.2. The smallest absolute Gasteiger partial charge is 0.0963 e. The molecule has 0 aromatic heterocycles. The van der Waals surface area contributed by atoms with Crippen molar-refractivity contribution in [2.75, 3.05) is 19.8 Å². The summed E-state index contributed by atoms with van der Waals surface area (Å²) in [5.74, 6) is 0. The van der Waals surface area contributed by atoms with Crippen LogP contribution in [0.25, 0.3) is 0 Å². The van der Waals surface area contributed by atoms with Crippen LogP contribution >= 0.6 is 0 Å². The highest BCUT2D eigenvalue weighted by atomic mass is 16.5. The van der Waals surface area contributed by atoms with E-state index in [4.69, 9.17) is 4.74 Å². The lowest BCUT2D eigenvalue weighted by Crippen LogP contribution is -3.09. The molecule has 1 N–H and O–H groups in total. The Labute approximate surface area is 63.2 Å². The Morgan fingerprint density at radius 3 is 3.00 bits per heavy atom. The summed E-state index contributed by atoms with van der Waals surface area (Å²) in [5.41, 5.74) is 0. The first-order valence-electron chi connectivity index (χ1n) is 4.10. The van der Waals surface area contributed by atoms with Crippen molar-refractivity contribution in [3.8, 4) is 0 Å². The van der Waals surface area contributed by atoms with E-state index in [1.165, 1.54) is 24.3 Å². The third-order valence-corrected chi connectivity index (χ3v) is 2.15.